The van der Waals surface area contributed by atoms with Crippen LogP contribution in [0.1, 0.15) is 25.3 Å². The van der Waals surface area contributed by atoms with Gasteiger partial charge in [-0.25, -0.2) is 10.9 Å². The van der Waals surface area contributed by atoms with Crippen LogP contribution in [0.15, 0.2) is 22.3 Å². The van der Waals surface area contributed by atoms with Gasteiger partial charge < -0.3 is 14.2 Å². The van der Waals surface area contributed by atoms with Crippen LogP contribution in [0.3, 0.4) is 0 Å². The van der Waals surface area contributed by atoms with E-state index in [1.165, 1.54) is 27.4 Å². The number of carbonyl (C=O) groups excluding carboxylic acids is 3. The minimum Gasteiger partial charge on any atom is -0.493 e. The third-order valence-corrected chi connectivity index (χ3v) is 3.20. The number of methoxy groups -OCH3 is 2. The van der Waals surface area contributed by atoms with Gasteiger partial charge in [-0.15, -0.1) is 0 Å². The summed E-state index contributed by atoms with van der Waals surface area (Å²) in [5.74, 6) is -0.469. The maximum atomic E-state index is 11.8. The van der Waals surface area contributed by atoms with Gasteiger partial charge in [-0.3, -0.25) is 14.4 Å². The molecule has 2 rings (SSSR count). The largest absolute Gasteiger partial charge is 0.493 e. The maximum Gasteiger partial charge on any atom is 0.308 e. The van der Waals surface area contributed by atoms with Crippen LogP contribution in [-0.4, -0.2) is 43.9 Å². The lowest BCUT2D eigenvalue weighted by atomic mass is 10.2. The quantitative estimate of drug-likeness (QED) is 0.312. The highest BCUT2D eigenvalue weighted by molar-refractivity contribution is 6.11. The van der Waals surface area contributed by atoms with Gasteiger partial charge in [0.15, 0.2) is 11.5 Å². The van der Waals surface area contributed by atoms with Crippen LogP contribution in [-0.2, 0) is 14.4 Å². The Bertz CT molecular complexity index is 762. The second-order valence-electron chi connectivity index (χ2n) is 5.21. The number of esters is 1. The fourth-order valence-electron chi connectivity index (χ4n) is 2.13. The molecule has 1 aromatic carbocycles. The molecule has 0 bridgehead atoms. The molecule has 26 heavy (non-hydrogen) atoms. The molecular weight excluding hydrogens is 344 g/mol. The number of amides is 2. The predicted octanol–water partition coefficient (Wildman–Crippen LogP) is 0.345. The Balaban J connectivity index is 2.06. The highest BCUT2D eigenvalue weighted by Gasteiger charge is 2.17. The highest BCUT2D eigenvalue weighted by Crippen LogP contribution is 2.38. The summed E-state index contributed by atoms with van der Waals surface area (Å²) in [6.07, 6.45) is 1.44. The van der Waals surface area contributed by atoms with E-state index in [1.54, 1.807) is 12.1 Å². The number of benzene rings is 1. The van der Waals surface area contributed by atoms with Crippen LogP contribution in [0.2, 0.25) is 0 Å². The molecule has 0 fully saturated rings. The van der Waals surface area contributed by atoms with Crippen LogP contribution >= 0.6 is 0 Å². The molecule has 2 amide bonds. The highest BCUT2D eigenvalue weighted by atomic mass is 16.6. The van der Waals surface area contributed by atoms with E-state index in [1.807, 2.05) is 0 Å². The van der Waals surface area contributed by atoms with Gasteiger partial charge >= 0.3 is 5.97 Å². The summed E-state index contributed by atoms with van der Waals surface area (Å²) in [5.41, 5.74) is 5.59. The third-order valence-electron chi connectivity index (χ3n) is 3.20. The first-order valence-electron chi connectivity index (χ1n) is 7.53. The van der Waals surface area contributed by atoms with Crippen LogP contribution in [0, 0.1) is 0 Å². The molecule has 0 atom stereocenters. The molecule has 2 N–H and O–H groups in total. The topological polar surface area (TPSA) is 128 Å². The second-order valence-corrected chi connectivity index (χ2v) is 5.21. The molecular formula is C16H18N4O6. The van der Waals surface area contributed by atoms with Gasteiger partial charge in [0.1, 0.15) is 0 Å². The van der Waals surface area contributed by atoms with Crippen molar-refractivity contribution in [1.29, 1.82) is 0 Å². The van der Waals surface area contributed by atoms with Gasteiger partial charge in [0.25, 0.3) is 0 Å². The normalized spacial score (nSPS) is 13.2. The summed E-state index contributed by atoms with van der Waals surface area (Å²) < 4.78 is 15.5. The number of nitrogens with zero attached hydrogens (tertiary/aromatic N) is 2. The van der Waals surface area contributed by atoms with E-state index in [2.05, 4.69) is 21.1 Å². The predicted molar refractivity (Wildman–Crippen MR) is 91.4 cm³/mol. The van der Waals surface area contributed by atoms with Crippen molar-refractivity contribution >= 4 is 29.7 Å². The van der Waals surface area contributed by atoms with Gasteiger partial charge in [0.2, 0.25) is 17.6 Å². The molecule has 1 aromatic rings. The summed E-state index contributed by atoms with van der Waals surface area (Å²) in [4.78, 5) is 34.0. The molecule has 0 saturated carbocycles. The first kappa shape index (κ1) is 18.9. The number of carbonyl (C=O) groups is 3. The summed E-state index contributed by atoms with van der Waals surface area (Å²) in [5, 5.41) is 7.57. The number of hydrogen-bond acceptors (Lipinski definition) is 8. The molecule has 138 valence electrons. The van der Waals surface area contributed by atoms with E-state index in [0.717, 1.165) is 0 Å². The Kier molecular flexibility index (Phi) is 6.25. The van der Waals surface area contributed by atoms with Crippen molar-refractivity contribution in [3.8, 4) is 17.2 Å². The van der Waals surface area contributed by atoms with Crippen LogP contribution in [0.4, 0.5) is 0 Å². The lowest BCUT2D eigenvalue weighted by molar-refractivity contribution is -0.132. The Morgan fingerprint density at radius 3 is 2.46 bits per heavy atom. The first-order valence-corrected chi connectivity index (χ1v) is 7.53. The SMILES string of the molecule is COc1cc(/C=N/NC(=O)CC2=NNC(=O)C2)cc(OC)c1OC(C)=O. The van der Waals surface area contributed by atoms with Crippen molar-refractivity contribution in [2.75, 3.05) is 14.2 Å². The average molecular weight is 362 g/mol. The third kappa shape index (κ3) is 5.03. The molecule has 10 nitrogen and oxygen atoms in total. The fraction of sp³-hybridized carbons (Fsp3) is 0.312. The van der Waals surface area contributed by atoms with Gasteiger partial charge in [-0.05, 0) is 12.1 Å². The molecule has 0 unspecified atom stereocenters. The van der Waals surface area contributed by atoms with Gasteiger partial charge in [-0.1, -0.05) is 0 Å². The number of hydrogen-bond donors (Lipinski definition) is 2. The van der Waals surface area contributed by atoms with Crippen molar-refractivity contribution in [3.63, 3.8) is 0 Å². The molecule has 0 radical (unpaired) electrons. The van der Waals surface area contributed by atoms with Gasteiger partial charge in [-0.2, -0.15) is 10.2 Å². The summed E-state index contributed by atoms with van der Waals surface area (Å²) in [6.45, 7) is 1.27. The lowest BCUT2D eigenvalue weighted by Gasteiger charge is -2.13. The number of hydrazone groups is 2. The monoisotopic (exact) mass is 362 g/mol. The van der Waals surface area contributed by atoms with Crippen molar-refractivity contribution in [1.82, 2.24) is 10.9 Å². The molecule has 1 aliphatic rings. The zero-order valence-corrected chi connectivity index (χ0v) is 14.5. The maximum absolute atomic E-state index is 11.8. The fourth-order valence-corrected chi connectivity index (χ4v) is 2.13. The van der Waals surface area contributed by atoms with Gasteiger partial charge in [0.05, 0.1) is 39.0 Å². The van der Waals surface area contributed by atoms with Crippen molar-refractivity contribution in [2.45, 2.75) is 19.8 Å². The van der Waals surface area contributed by atoms with Crippen LogP contribution in [0.5, 0.6) is 17.2 Å². The van der Waals surface area contributed by atoms with Crippen molar-refractivity contribution < 1.29 is 28.6 Å². The molecule has 0 aliphatic carbocycles. The van der Waals surface area contributed by atoms with E-state index >= 15 is 0 Å². The summed E-state index contributed by atoms with van der Waals surface area (Å²) in [6, 6.07) is 3.14. The molecule has 0 spiro atoms. The number of rotatable bonds is 7. The van der Waals surface area contributed by atoms with E-state index in [-0.39, 0.29) is 36.0 Å². The minimum absolute atomic E-state index is 0.0336. The Labute approximate surface area is 149 Å². The van der Waals surface area contributed by atoms with Crippen LogP contribution < -0.4 is 25.1 Å². The zero-order valence-electron chi connectivity index (χ0n) is 14.5. The number of nitrogens with one attached hydrogen (secondary N) is 2. The smallest absolute Gasteiger partial charge is 0.308 e. The molecule has 1 aliphatic heterocycles. The van der Waals surface area contributed by atoms with E-state index in [0.29, 0.717) is 11.3 Å². The van der Waals surface area contributed by atoms with E-state index in [9.17, 15) is 14.4 Å². The van der Waals surface area contributed by atoms with Crippen molar-refractivity contribution in [2.24, 2.45) is 10.2 Å². The number of ether oxygens (including phenoxy) is 3. The molecule has 0 saturated heterocycles. The Morgan fingerprint density at radius 1 is 1.31 bits per heavy atom. The van der Waals surface area contributed by atoms with Crippen LogP contribution in [0.25, 0.3) is 0 Å². The standard InChI is InChI=1S/C16H18N4O6/c1-9(21)26-16-12(24-2)4-10(5-13(16)25-3)8-17-19-14(22)6-11-7-15(23)20-18-11/h4-5,8H,6-7H2,1-3H3,(H,19,22)(H,20,23)/b17-8+. The van der Waals surface area contributed by atoms with E-state index in [4.69, 9.17) is 14.2 Å². The lowest BCUT2D eigenvalue weighted by Crippen LogP contribution is -2.20. The second kappa shape index (κ2) is 8.60. The van der Waals surface area contributed by atoms with E-state index < -0.39 is 11.9 Å². The first-order chi connectivity index (χ1) is 12.4. The summed E-state index contributed by atoms with van der Waals surface area (Å²) >= 11 is 0. The minimum atomic E-state index is -0.516. The van der Waals surface area contributed by atoms with Gasteiger partial charge in [0, 0.05) is 12.5 Å². The Hall–Kier alpha value is -3.43. The molecule has 10 heteroatoms. The summed E-state index contributed by atoms with van der Waals surface area (Å²) in [7, 11) is 2.84. The Morgan fingerprint density at radius 2 is 1.96 bits per heavy atom. The average Bonchev–Trinajstić information content (AvgIpc) is 2.99. The van der Waals surface area contributed by atoms with Crippen molar-refractivity contribution in [3.05, 3.63) is 17.7 Å². The molecule has 0 aromatic heterocycles. The molecule has 1 heterocycles. The zero-order chi connectivity index (χ0) is 19.1.